The molecule has 3 rings (SSSR count). The van der Waals surface area contributed by atoms with Crippen LogP contribution in [0.4, 0.5) is 17.1 Å². The van der Waals surface area contributed by atoms with Crippen LogP contribution in [-0.2, 0) is 4.79 Å². The fourth-order valence-corrected chi connectivity index (χ4v) is 2.53. The summed E-state index contributed by atoms with van der Waals surface area (Å²) in [5.74, 6) is -0.961. The fraction of sp³-hybridized carbons (Fsp3) is 0.0526. The molecule has 1 heterocycles. The number of para-hydroxylation sites is 2. The summed E-state index contributed by atoms with van der Waals surface area (Å²) in [6.45, 7) is -0.443. The molecule has 0 atom stereocenters. The van der Waals surface area contributed by atoms with Gasteiger partial charge in [0, 0.05) is 11.8 Å². The van der Waals surface area contributed by atoms with Gasteiger partial charge in [-0.25, -0.2) is 0 Å². The third-order valence-corrected chi connectivity index (χ3v) is 3.99. The Balaban J connectivity index is 1.63. The highest BCUT2D eigenvalue weighted by Gasteiger charge is 2.16. The SMILES string of the molecule is O=C(COc1ccccc1[N+](=O)[O-])Nc1ccc(Cl)c(NC(=O)c2ccco2)c1. The van der Waals surface area contributed by atoms with Gasteiger partial charge in [-0.15, -0.1) is 0 Å². The van der Waals surface area contributed by atoms with Crippen LogP contribution in [0.3, 0.4) is 0 Å². The first-order valence-electron chi connectivity index (χ1n) is 8.24. The molecule has 0 aliphatic heterocycles. The zero-order chi connectivity index (χ0) is 20.8. The number of nitrogens with zero attached hydrogens (tertiary/aromatic N) is 1. The smallest absolute Gasteiger partial charge is 0.310 e. The average molecular weight is 416 g/mol. The number of anilines is 2. The van der Waals surface area contributed by atoms with Crippen molar-refractivity contribution in [3.8, 4) is 5.75 Å². The van der Waals surface area contributed by atoms with E-state index in [0.717, 1.165) is 0 Å². The molecule has 0 saturated carbocycles. The third-order valence-electron chi connectivity index (χ3n) is 3.66. The van der Waals surface area contributed by atoms with Gasteiger partial charge in [-0.1, -0.05) is 23.7 Å². The number of furan rings is 1. The van der Waals surface area contributed by atoms with Crippen LogP contribution < -0.4 is 15.4 Å². The van der Waals surface area contributed by atoms with Gasteiger partial charge in [-0.2, -0.15) is 0 Å². The molecule has 2 aromatic carbocycles. The molecule has 3 aromatic rings. The van der Waals surface area contributed by atoms with Gasteiger partial charge < -0.3 is 19.8 Å². The Labute approximate surface area is 169 Å². The lowest BCUT2D eigenvalue weighted by molar-refractivity contribution is -0.385. The summed E-state index contributed by atoms with van der Waals surface area (Å²) in [6, 6.07) is 13.3. The maximum absolute atomic E-state index is 12.1. The molecule has 0 fully saturated rings. The van der Waals surface area contributed by atoms with Gasteiger partial charge in [-0.3, -0.25) is 19.7 Å². The predicted molar refractivity (Wildman–Crippen MR) is 105 cm³/mol. The standard InChI is InChI=1S/C19H14ClN3O6/c20-13-8-7-12(10-14(13)22-19(25)17-6-3-9-28-17)21-18(24)11-29-16-5-2-1-4-15(16)23(26)27/h1-10H,11H2,(H,21,24)(H,22,25). The molecule has 1 aromatic heterocycles. The second-order valence-corrected chi connectivity index (χ2v) is 6.09. The molecule has 0 radical (unpaired) electrons. The molecule has 2 amide bonds. The number of halogens is 1. The van der Waals surface area contributed by atoms with Crippen LogP contribution in [0.15, 0.2) is 65.3 Å². The fourth-order valence-electron chi connectivity index (χ4n) is 2.36. The van der Waals surface area contributed by atoms with Crippen molar-refractivity contribution in [3.63, 3.8) is 0 Å². The number of benzene rings is 2. The number of amides is 2. The Morgan fingerprint density at radius 3 is 2.62 bits per heavy atom. The average Bonchev–Trinajstić information content (AvgIpc) is 3.24. The Bertz CT molecular complexity index is 1050. The Hall–Kier alpha value is -3.85. The molecular formula is C19H14ClN3O6. The number of ether oxygens (including phenoxy) is 1. The third kappa shape index (κ3) is 5.11. The van der Waals surface area contributed by atoms with Crippen LogP contribution >= 0.6 is 11.6 Å². The maximum atomic E-state index is 12.1. The van der Waals surface area contributed by atoms with Crippen LogP contribution in [0.1, 0.15) is 10.6 Å². The highest BCUT2D eigenvalue weighted by molar-refractivity contribution is 6.34. The normalized spacial score (nSPS) is 10.2. The number of nitro groups is 1. The zero-order valence-electron chi connectivity index (χ0n) is 14.8. The lowest BCUT2D eigenvalue weighted by Gasteiger charge is -2.11. The minimum absolute atomic E-state index is 0.0184. The number of nitrogens with one attached hydrogen (secondary N) is 2. The van der Waals surface area contributed by atoms with Crippen molar-refractivity contribution < 1.29 is 23.7 Å². The maximum Gasteiger partial charge on any atom is 0.310 e. The summed E-state index contributed by atoms with van der Waals surface area (Å²) in [5.41, 5.74) is 0.375. The van der Waals surface area contributed by atoms with Crippen molar-refractivity contribution in [2.24, 2.45) is 0 Å². The van der Waals surface area contributed by atoms with E-state index in [0.29, 0.717) is 5.69 Å². The number of rotatable bonds is 7. The molecule has 0 bridgehead atoms. The summed E-state index contributed by atoms with van der Waals surface area (Å²) in [5, 5.41) is 16.4. The van der Waals surface area contributed by atoms with E-state index in [1.807, 2.05) is 0 Å². The van der Waals surface area contributed by atoms with Gasteiger partial charge >= 0.3 is 5.69 Å². The number of hydrogen-bond acceptors (Lipinski definition) is 6. The molecule has 0 unspecified atom stereocenters. The van der Waals surface area contributed by atoms with E-state index in [1.54, 1.807) is 12.1 Å². The van der Waals surface area contributed by atoms with Gasteiger partial charge in [0.25, 0.3) is 11.8 Å². The van der Waals surface area contributed by atoms with E-state index in [-0.39, 0.29) is 27.9 Å². The molecule has 0 saturated heterocycles. The molecule has 9 nitrogen and oxygen atoms in total. The van der Waals surface area contributed by atoms with Gasteiger partial charge in [0.1, 0.15) is 0 Å². The summed E-state index contributed by atoms with van der Waals surface area (Å²) < 4.78 is 10.3. The van der Waals surface area contributed by atoms with Crippen molar-refractivity contribution in [1.29, 1.82) is 0 Å². The molecule has 10 heteroatoms. The lowest BCUT2D eigenvalue weighted by Crippen LogP contribution is -2.20. The number of nitro benzene ring substituents is 1. The number of hydrogen-bond donors (Lipinski definition) is 2. The highest BCUT2D eigenvalue weighted by Crippen LogP contribution is 2.27. The first-order valence-corrected chi connectivity index (χ1v) is 8.62. The summed E-state index contributed by atoms with van der Waals surface area (Å²) in [6.07, 6.45) is 1.37. The van der Waals surface area contributed by atoms with Crippen LogP contribution in [0.2, 0.25) is 5.02 Å². The van der Waals surface area contributed by atoms with Crippen LogP contribution in [0, 0.1) is 10.1 Å². The molecular weight excluding hydrogens is 402 g/mol. The highest BCUT2D eigenvalue weighted by atomic mass is 35.5. The van der Waals surface area contributed by atoms with E-state index in [9.17, 15) is 19.7 Å². The molecule has 29 heavy (non-hydrogen) atoms. The zero-order valence-corrected chi connectivity index (χ0v) is 15.5. The minimum Gasteiger partial charge on any atom is -0.477 e. The van der Waals surface area contributed by atoms with Gasteiger partial charge in [0.15, 0.2) is 18.1 Å². The van der Waals surface area contributed by atoms with Crippen molar-refractivity contribution >= 4 is 40.5 Å². The quantitative estimate of drug-likeness (QED) is 0.442. The lowest BCUT2D eigenvalue weighted by atomic mass is 10.2. The van der Waals surface area contributed by atoms with E-state index >= 15 is 0 Å². The van der Waals surface area contributed by atoms with Crippen molar-refractivity contribution in [2.75, 3.05) is 17.2 Å². The van der Waals surface area contributed by atoms with Crippen LogP contribution in [0.5, 0.6) is 5.75 Å². The topological polar surface area (TPSA) is 124 Å². The molecule has 0 aliphatic carbocycles. The van der Waals surface area contributed by atoms with E-state index < -0.39 is 23.3 Å². The molecule has 148 valence electrons. The number of carbonyl (C=O) groups is 2. The largest absolute Gasteiger partial charge is 0.477 e. The van der Waals surface area contributed by atoms with E-state index in [1.165, 1.54) is 48.7 Å². The summed E-state index contributed by atoms with van der Waals surface area (Å²) in [7, 11) is 0. The monoisotopic (exact) mass is 415 g/mol. The summed E-state index contributed by atoms with van der Waals surface area (Å²) >= 11 is 6.08. The number of carbonyl (C=O) groups excluding carboxylic acids is 2. The Kier molecular flexibility index (Phi) is 6.10. The Morgan fingerprint density at radius 1 is 1.10 bits per heavy atom. The molecule has 0 aliphatic rings. The predicted octanol–water partition coefficient (Wildman–Crippen LogP) is 4.11. The second-order valence-electron chi connectivity index (χ2n) is 5.69. The summed E-state index contributed by atoms with van der Waals surface area (Å²) in [4.78, 5) is 34.6. The second kappa shape index (κ2) is 8.89. The van der Waals surface area contributed by atoms with E-state index in [4.69, 9.17) is 20.8 Å². The van der Waals surface area contributed by atoms with Crippen LogP contribution in [-0.4, -0.2) is 23.3 Å². The van der Waals surface area contributed by atoms with Gasteiger partial charge in [0.05, 0.1) is 21.9 Å². The molecule has 0 spiro atoms. The first-order chi connectivity index (χ1) is 13.9. The van der Waals surface area contributed by atoms with Crippen LogP contribution in [0.25, 0.3) is 0 Å². The van der Waals surface area contributed by atoms with E-state index in [2.05, 4.69) is 10.6 Å². The molecule has 2 N–H and O–H groups in total. The van der Waals surface area contributed by atoms with Crippen molar-refractivity contribution in [2.45, 2.75) is 0 Å². The minimum atomic E-state index is -0.597. The van der Waals surface area contributed by atoms with Crippen molar-refractivity contribution in [1.82, 2.24) is 0 Å². The van der Waals surface area contributed by atoms with Crippen molar-refractivity contribution in [3.05, 3.63) is 81.8 Å². The Morgan fingerprint density at radius 2 is 1.90 bits per heavy atom. The van der Waals surface area contributed by atoms with Gasteiger partial charge in [-0.05, 0) is 36.4 Å². The van der Waals surface area contributed by atoms with Gasteiger partial charge in [0.2, 0.25) is 0 Å². The first kappa shape index (κ1) is 19.9.